The number of benzene rings is 2. The molecule has 2 aromatic carbocycles. The minimum atomic E-state index is -0.592. The lowest BCUT2D eigenvalue weighted by Crippen LogP contribution is -2.43. The van der Waals surface area contributed by atoms with Crippen molar-refractivity contribution < 1.29 is 23.1 Å². The number of amides is 1. The van der Waals surface area contributed by atoms with Crippen molar-refractivity contribution in [2.45, 2.75) is 79.0 Å². The molecule has 1 atom stereocenters. The summed E-state index contributed by atoms with van der Waals surface area (Å²) in [6.45, 7) is 12.2. The number of esters is 1. The van der Waals surface area contributed by atoms with E-state index in [0.29, 0.717) is 31.8 Å². The number of alkyl halides is 1. The van der Waals surface area contributed by atoms with Crippen LogP contribution in [0.5, 0.6) is 0 Å². The van der Waals surface area contributed by atoms with Crippen LogP contribution in [0.4, 0.5) is 8.78 Å². The van der Waals surface area contributed by atoms with Crippen molar-refractivity contribution >= 4 is 23.5 Å². The van der Waals surface area contributed by atoms with Crippen molar-refractivity contribution in [3.05, 3.63) is 77.8 Å². The van der Waals surface area contributed by atoms with Gasteiger partial charge in [0, 0.05) is 31.3 Å². The van der Waals surface area contributed by atoms with E-state index in [1.165, 1.54) is 0 Å². The predicted molar refractivity (Wildman–Crippen MR) is 157 cm³/mol. The topological polar surface area (TPSA) is 64.4 Å². The van der Waals surface area contributed by atoms with Crippen LogP contribution in [0.1, 0.15) is 78.2 Å². The van der Waals surface area contributed by atoms with Gasteiger partial charge in [-0.2, -0.15) is 0 Å². The lowest BCUT2D eigenvalue weighted by atomic mass is 9.84. The number of rotatable bonds is 11. The van der Waals surface area contributed by atoms with E-state index in [-0.39, 0.29) is 35.4 Å². The summed E-state index contributed by atoms with van der Waals surface area (Å²) in [5.41, 5.74) is 0.218. The molecule has 0 saturated carbocycles. The van der Waals surface area contributed by atoms with E-state index in [1.807, 2.05) is 76.4 Å². The van der Waals surface area contributed by atoms with Gasteiger partial charge in [-0.15, -0.1) is 11.6 Å². The van der Waals surface area contributed by atoms with E-state index in [4.69, 9.17) is 21.3 Å². The van der Waals surface area contributed by atoms with Gasteiger partial charge in [-0.05, 0) is 62.8 Å². The molecule has 1 amide bonds. The highest BCUT2D eigenvalue weighted by molar-refractivity contribution is 6.27. The molecule has 0 aliphatic heterocycles. The highest BCUT2D eigenvalue weighted by Crippen LogP contribution is 2.39. The molecule has 0 aliphatic carbocycles. The second kappa shape index (κ2) is 13.6. The largest absolute Gasteiger partial charge is 0.460 e. The van der Waals surface area contributed by atoms with Crippen molar-refractivity contribution in [1.29, 1.82) is 0 Å². The van der Waals surface area contributed by atoms with Gasteiger partial charge in [0.2, 0.25) is 5.91 Å². The molecule has 9 heteroatoms. The van der Waals surface area contributed by atoms with Crippen LogP contribution in [0, 0.1) is 17.0 Å². The Bertz CT molecular complexity index is 1330. The van der Waals surface area contributed by atoms with Crippen LogP contribution in [0.2, 0.25) is 0 Å². The van der Waals surface area contributed by atoms with Crippen LogP contribution < -0.4 is 0 Å². The Hall–Kier alpha value is -3.26. The number of carbonyl (C=O) groups is 2. The summed E-state index contributed by atoms with van der Waals surface area (Å²) in [6.07, 6.45) is 2.99. The molecule has 222 valence electrons. The summed E-state index contributed by atoms with van der Waals surface area (Å²) in [6, 6.07) is 12.4. The van der Waals surface area contributed by atoms with Gasteiger partial charge in [0.05, 0.1) is 11.7 Å². The van der Waals surface area contributed by atoms with E-state index in [2.05, 4.69) is 0 Å². The number of carbonyl (C=O) groups excluding carboxylic acids is 2. The Morgan fingerprint density at radius 3 is 2.32 bits per heavy atom. The Kier molecular flexibility index (Phi) is 10.7. The first-order chi connectivity index (χ1) is 19.2. The Morgan fingerprint density at radius 2 is 1.71 bits per heavy atom. The monoisotopic (exact) mass is 587 g/mol. The summed E-state index contributed by atoms with van der Waals surface area (Å²) in [5, 5.41) is 0. The summed E-state index contributed by atoms with van der Waals surface area (Å²) >= 11 is 6.09. The summed E-state index contributed by atoms with van der Waals surface area (Å²) in [4.78, 5) is 32.0. The number of aromatic nitrogens is 2. The van der Waals surface area contributed by atoms with Crippen LogP contribution in [0.3, 0.4) is 0 Å². The fourth-order valence-electron chi connectivity index (χ4n) is 4.79. The second-order valence-electron chi connectivity index (χ2n) is 12.3. The standard InChI is InChI=1S/C32H40ClF2N3O3/c1-31(2,3)29(38(27(39)19-33)17-11-10-14-28(40)41-32(4,5)6)30-36-26(24-18-23(34)15-16-25(24)35)21-37(30)20-22-12-8-7-9-13-22/h7-9,12-13,15-16,18,21,29H,10-11,14,17,19-20H2,1-6H3/t29-/m0/s1. The molecule has 0 spiro atoms. The average molecular weight is 588 g/mol. The smallest absolute Gasteiger partial charge is 0.306 e. The van der Waals surface area contributed by atoms with Gasteiger partial charge < -0.3 is 14.2 Å². The maximum absolute atomic E-state index is 14.8. The van der Waals surface area contributed by atoms with Gasteiger partial charge in [0.25, 0.3) is 0 Å². The van der Waals surface area contributed by atoms with Gasteiger partial charge in [-0.3, -0.25) is 9.59 Å². The van der Waals surface area contributed by atoms with Crippen molar-refractivity contribution in [2.24, 2.45) is 5.41 Å². The van der Waals surface area contributed by atoms with Crippen LogP contribution in [0.15, 0.2) is 54.7 Å². The lowest BCUT2D eigenvalue weighted by Gasteiger charge is -2.40. The molecule has 41 heavy (non-hydrogen) atoms. The molecule has 0 N–H and O–H groups in total. The van der Waals surface area contributed by atoms with Crippen molar-refractivity contribution in [1.82, 2.24) is 14.5 Å². The number of hydrogen-bond acceptors (Lipinski definition) is 4. The molecule has 0 radical (unpaired) electrons. The fraction of sp³-hybridized carbons (Fsp3) is 0.469. The lowest BCUT2D eigenvalue weighted by molar-refractivity contribution is -0.154. The van der Waals surface area contributed by atoms with Gasteiger partial charge in [-0.1, -0.05) is 51.1 Å². The van der Waals surface area contributed by atoms with Crippen LogP contribution in [-0.2, 0) is 20.9 Å². The first-order valence-corrected chi connectivity index (χ1v) is 14.4. The maximum atomic E-state index is 14.8. The Balaban J connectivity index is 2.02. The zero-order valence-corrected chi connectivity index (χ0v) is 25.5. The molecule has 0 bridgehead atoms. The third kappa shape index (κ3) is 9.12. The van der Waals surface area contributed by atoms with Gasteiger partial charge in [-0.25, -0.2) is 13.8 Å². The zero-order valence-electron chi connectivity index (χ0n) is 24.7. The third-order valence-electron chi connectivity index (χ3n) is 6.47. The molecular weight excluding hydrogens is 548 g/mol. The zero-order chi connectivity index (χ0) is 30.4. The van der Waals surface area contributed by atoms with Crippen LogP contribution >= 0.6 is 11.6 Å². The molecule has 0 saturated heterocycles. The first-order valence-electron chi connectivity index (χ1n) is 13.8. The molecule has 1 heterocycles. The van der Waals surface area contributed by atoms with E-state index >= 15 is 0 Å². The van der Waals surface area contributed by atoms with Crippen LogP contribution in [0.25, 0.3) is 11.3 Å². The highest BCUT2D eigenvalue weighted by Gasteiger charge is 2.38. The number of unbranched alkanes of at least 4 members (excludes halogenated alkanes) is 1. The second-order valence-corrected chi connectivity index (χ2v) is 12.5. The molecular formula is C32H40ClF2N3O3. The number of ether oxygens (including phenoxy) is 1. The van der Waals surface area contributed by atoms with Crippen molar-refractivity contribution in [3.63, 3.8) is 0 Å². The van der Waals surface area contributed by atoms with E-state index < -0.39 is 28.7 Å². The fourth-order valence-corrected chi connectivity index (χ4v) is 4.95. The number of imidazole rings is 1. The highest BCUT2D eigenvalue weighted by atomic mass is 35.5. The van der Waals surface area contributed by atoms with E-state index in [1.54, 1.807) is 11.1 Å². The Morgan fingerprint density at radius 1 is 1.02 bits per heavy atom. The van der Waals surface area contributed by atoms with Crippen molar-refractivity contribution in [2.75, 3.05) is 12.4 Å². The minimum absolute atomic E-state index is 0.0401. The molecule has 0 aliphatic rings. The molecule has 3 aromatic rings. The normalized spacial score (nSPS) is 12.7. The number of hydrogen-bond donors (Lipinski definition) is 0. The van der Waals surface area contributed by atoms with E-state index in [9.17, 15) is 18.4 Å². The molecule has 3 rings (SSSR count). The number of halogens is 3. The predicted octanol–water partition coefficient (Wildman–Crippen LogP) is 7.54. The van der Waals surface area contributed by atoms with Gasteiger partial charge >= 0.3 is 5.97 Å². The summed E-state index contributed by atoms with van der Waals surface area (Å²) < 4.78 is 36.3. The SMILES string of the molecule is CC(C)(C)OC(=O)CCCCN(C(=O)CCl)[C@@H](c1nc(-c2cc(F)ccc2F)cn1Cc1ccccc1)C(C)(C)C. The number of nitrogens with zero attached hydrogens (tertiary/aromatic N) is 3. The first kappa shape index (κ1) is 32.3. The van der Waals surface area contributed by atoms with Gasteiger partial charge in [0.1, 0.15) is 28.9 Å². The van der Waals surface area contributed by atoms with E-state index in [0.717, 1.165) is 23.8 Å². The molecule has 1 aromatic heterocycles. The van der Waals surface area contributed by atoms with Crippen LogP contribution in [-0.4, -0.2) is 44.4 Å². The molecule has 6 nitrogen and oxygen atoms in total. The summed E-state index contributed by atoms with van der Waals surface area (Å²) in [7, 11) is 0. The molecule has 0 fully saturated rings. The maximum Gasteiger partial charge on any atom is 0.306 e. The quantitative estimate of drug-likeness (QED) is 0.132. The molecule has 0 unspecified atom stereocenters. The van der Waals surface area contributed by atoms with Crippen molar-refractivity contribution in [3.8, 4) is 11.3 Å². The average Bonchev–Trinajstić information content (AvgIpc) is 3.28. The third-order valence-corrected chi connectivity index (χ3v) is 6.70. The Labute approximate surface area is 246 Å². The summed E-state index contributed by atoms with van der Waals surface area (Å²) in [5.74, 6) is -1.44. The minimum Gasteiger partial charge on any atom is -0.460 e. The van der Waals surface area contributed by atoms with Gasteiger partial charge in [0.15, 0.2) is 0 Å².